The second kappa shape index (κ2) is 10.7. The molecule has 0 fully saturated rings. The van der Waals surface area contributed by atoms with Crippen molar-refractivity contribution in [3.05, 3.63) is 37.4 Å². The second-order valence-electron chi connectivity index (χ2n) is 3.54. The van der Waals surface area contributed by atoms with Crippen LogP contribution in [0.25, 0.3) is 0 Å². The van der Waals surface area contributed by atoms with Gasteiger partial charge in [0.1, 0.15) is 24.8 Å². The maximum absolute atomic E-state index is 9.75. The third-order valence-electron chi connectivity index (χ3n) is 1.37. The fourth-order valence-corrected chi connectivity index (χ4v) is 0.728. The molecule has 0 atom stereocenters. The minimum Gasteiger partial charge on any atom is -0.418 e. The van der Waals surface area contributed by atoms with E-state index in [4.69, 9.17) is 0 Å². The molecule has 2 N–H and O–H groups in total. The van der Waals surface area contributed by atoms with Crippen molar-refractivity contribution in [3.8, 4) is 0 Å². The van der Waals surface area contributed by atoms with Crippen molar-refractivity contribution in [1.29, 1.82) is 0 Å². The molecule has 2 heterocycles. The molecule has 14 heteroatoms. The molecule has 0 aliphatic carbocycles. The Morgan fingerprint density at radius 3 is 0.909 bits per heavy atom. The summed E-state index contributed by atoms with van der Waals surface area (Å²) in [5.74, 6) is 0. The van der Waals surface area contributed by atoms with Crippen LogP contribution in [0.1, 0.15) is 0 Å². The Kier molecular flexibility index (Phi) is 10.8. The highest BCUT2D eigenvalue weighted by atomic mass is 19.5. The van der Waals surface area contributed by atoms with E-state index in [0.29, 0.717) is 0 Å². The lowest BCUT2D eigenvalue weighted by molar-refractivity contribution is -0.670. The average Bonchev–Trinajstić information content (AvgIpc) is 2.87. The highest BCUT2D eigenvalue weighted by Gasteiger charge is 2.21. The standard InChI is InChI=1S/2C4H6N2.2BF4/c2*1-6-3-2-5-4-6;2*2-1(3,4)5/h2*2-4H,1H3;;/q;;2*-1/p+2. The normalized spacial score (nSPS) is 10.3. The summed E-state index contributed by atoms with van der Waals surface area (Å²) in [6.07, 6.45) is 11.4. The Morgan fingerprint density at radius 1 is 0.636 bits per heavy atom. The van der Waals surface area contributed by atoms with Gasteiger partial charge in [-0.25, -0.2) is 9.13 Å². The second-order valence-corrected chi connectivity index (χ2v) is 3.54. The van der Waals surface area contributed by atoms with E-state index in [-0.39, 0.29) is 0 Å². The van der Waals surface area contributed by atoms with Gasteiger partial charge in [0.2, 0.25) is 12.7 Å². The summed E-state index contributed by atoms with van der Waals surface area (Å²) >= 11 is 0. The zero-order valence-electron chi connectivity index (χ0n) is 11.5. The molecule has 0 aromatic carbocycles. The number of halogens is 8. The monoisotopic (exact) mass is 340 g/mol. The van der Waals surface area contributed by atoms with Gasteiger partial charge in [0.25, 0.3) is 0 Å². The SMILES string of the molecule is C[n+]1cc[nH]c1.C[n+]1cc[nH]c1.F[B-](F)(F)F.F[B-](F)(F)F. The van der Waals surface area contributed by atoms with Gasteiger partial charge in [-0.2, -0.15) is 0 Å². The Bertz CT molecular complexity index is 397. The maximum atomic E-state index is 9.75. The molecule has 0 saturated carbocycles. The number of H-pyrrole nitrogens is 2. The van der Waals surface area contributed by atoms with Gasteiger partial charge in [-0.15, -0.1) is 0 Å². The number of aromatic amines is 2. The summed E-state index contributed by atoms with van der Waals surface area (Å²) in [6.45, 7) is 0. The van der Waals surface area contributed by atoms with E-state index in [0.717, 1.165) is 0 Å². The van der Waals surface area contributed by atoms with Gasteiger partial charge in [0, 0.05) is 0 Å². The molecule has 2 aromatic rings. The first-order chi connectivity index (χ1) is 9.79. The van der Waals surface area contributed by atoms with E-state index >= 15 is 0 Å². The molecule has 4 nitrogen and oxygen atoms in total. The van der Waals surface area contributed by atoms with E-state index in [1.165, 1.54) is 0 Å². The number of rotatable bonds is 0. The number of nitrogens with one attached hydrogen (secondary N) is 2. The van der Waals surface area contributed by atoms with E-state index in [9.17, 15) is 34.5 Å². The molecule has 0 spiro atoms. The highest BCUT2D eigenvalue weighted by molar-refractivity contribution is 6.50. The largest absolute Gasteiger partial charge is 0.673 e. The van der Waals surface area contributed by atoms with Gasteiger partial charge in [-0.1, -0.05) is 0 Å². The lowest BCUT2D eigenvalue weighted by atomic mass is 10.3. The third-order valence-corrected chi connectivity index (χ3v) is 1.37. The quantitative estimate of drug-likeness (QED) is 0.420. The summed E-state index contributed by atoms with van der Waals surface area (Å²) < 4.78 is 81.9. The van der Waals surface area contributed by atoms with E-state index in [1.807, 2.05) is 60.7 Å². The Balaban J connectivity index is 0. The lowest BCUT2D eigenvalue weighted by Gasteiger charge is -1.94. The van der Waals surface area contributed by atoms with E-state index < -0.39 is 14.5 Å². The zero-order chi connectivity index (χ0) is 17.8. The van der Waals surface area contributed by atoms with Gasteiger partial charge < -0.3 is 34.5 Å². The molecule has 0 saturated heterocycles. The number of hydrogen-bond donors (Lipinski definition) is 2. The van der Waals surface area contributed by atoms with Crippen LogP contribution in [0.15, 0.2) is 37.4 Å². The van der Waals surface area contributed by atoms with Crippen molar-refractivity contribution in [1.82, 2.24) is 9.97 Å². The lowest BCUT2D eigenvalue weighted by Crippen LogP contribution is -2.22. The minimum atomic E-state index is -6.00. The smallest absolute Gasteiger partial charge is 0.418 e. The Labute approximate surface area is 121 Å². The van der Waals surface area contributed by atoms with Crippen LogP contribution < -0.4 is 9.13 Å². The molecule has 0 aliphatic rings. The first kappa shape index (κ1) is 22.3. The fraction of sp³-hybridized carbons (Fsp3) is 0.250. The molecule has 0 amide bonds. The van der Waals surface area contributed by atoms with Crippen LogP contribution in [0.3, 0.4) is 0 Å². The topological polar surface area (TPSA) is 39.3 Å². The maximum Gasteiger partial charge on any atom is 0.673 e. The van der Waals surface area contributed by atoms with Crippen LogP contribution in [0.4, 0.5) is 34.5 Å². The number of aromatic nitrogens is 4. The fourth-order valence-electron chi connectivity index (χ4n) is 0.728. The van der Waals surface area contributed by atoms with Crippen molar-refractivity contribution < 1.29 is 43.7 Å². The molecule has 22 heavy (non-hydrogen) atoms. The van der Waals surface area contributed by atoms with Crippen molar-refractivity contribution in [2.75, 3.05) is 0 Å². The number of hydrogen-bond acceptors (Lipinski definition) is 0. The molecular weight excluding hydrogens is 326 g/mol. The predicted molar refractivity (Wildman–Crippen MR) is 64.3 cm³/mol. The zero-order valence-corrected chi connectivity index (χ0v) is 11.5. The van der Waals surface area contributed by atoms with Gasteiger partial charge in [-0.3, -0.25) is 9.97 Å². The van der Waals surface area contributed by atoms with Crippen molar-refractivity contribution in [3.63, 3.8) is 0 Å². The molecule has 128 valence electrons. The first-order valence-corrected chi connectivity index (χ1v) is 5.49. The first-order valence-electron chi connectivity index (χ1n) is 5.49. The summed E-state index contributed by atoms with van der Waals surface area (Å²) in [4.78, 5) is 5.78. The van der Waals surface area contributed by atoms with Crippen molar-refractivity contribution in [2.24, 2.45) is 14.1 Å². The molecule has 0 bridgehead atoms. The van der Waals surface area contributed by atoms with Gasteiger partial charge in [0.15, 0.2) is 0 Å². The molecular formula is C8H14B2F8N4. The molecule has 0 aliphatic heterocycles. The van der Waals surface area contributed by atoms with Crippen LogP contribution >= 0.6 is 0 Å². The third kappa shape index (κ3) is 36.1. The van der Waals surface area contributed by atoms with Gasteiger partial charge >= 0.3 is 14.5 Å². The van der Waals surface area contributed by atoms with Gasteiger partial charge in [-0.05, 0) is 0 Å². The van der Waals surface area contributed by atoms with E-state index in [2.05, 4.69) is 9.97 Å². The van der Waals surface area contributed by atoms with Crippen LogP contribution in [0, 0.1) is 0 Å². The highest BCUT2D eigenvalue weighted by Crippen LogP contribution is 2.07. The molecule has 2 rings (SSSR count). The summed E-state index contributed by atoms with van der Waals surface area (Å²) in [6, 6.07) is 0. The predicted octanol–water partition coefficient (Wildman–Crippen LogP) is 2.28. The van der Waals surface area contributed by atoms with Crippen LogP contribution in [-0.2, 0) is 14.1 Å². The van der Waals surface area contributed by atoms with Gasteiger partial charge in [0.05, 0.1) is 14.1 Å². The minimum absolute atomic E-state index is 1.88. The van der Waals surface area contributed by atoms with Crippen molar-refractivity contribution in [2.45, 2.75) is 0 Å². The summed E-state index contributed by atoms with van der Waals surface area (Å²) in [5, 5.41) is 0. The number of aryl methyl sites for hydroxylation is 2. The Morgan fingerprint density at radius 2 is 0.864 bits per heavy atom. The molecule has 0 unspecified atom stereocenters. The number of imidazole rings is 2. The summed E-state index contributed by atoms with van der Waals surface area (Å²) in [7, 11) is -8.06. The van der Waals surface area contributed by atoms with Crippen molar-refractivity contribution >= 4 is 14.5 Å². The molecule has 2 aromatic heterocycles. The van der Waals surface area contributed by atoms with E-state index in [1.54, 1.807) is 0 Å². The summed E-state index contributed by atoms with van der Waals surface area (Å²) in [5.41, 5.74) is 0. The van der Waals surface area contributed by atoms with Crippen LogP contribution in [-0.4, -0.2) is 24.5 Å². The number of nitrogens with zero attached hydrogens (tertiary/aromatic N) is 2. The van der Waals surface area contributed by atoms with Crippen LogP contribution in [0.2, 0.25) is 0 Å². The average molecular weight is 340 g/mol. The van der Waals surface area contributed by atoms with Crippen LogP contribution in [0.5, 0.6) is 0 Å². The Hall–Kier alpha value is -2.01. The molecule has 0 radical (unpaired) electrons.